The number of benzene rings is 2. The van der Waals surface area contributed by atoms with E-state index in [0.29, 0.717) is 17.2 Å². The minimum atomic E-state index is -3.63. The predicted octanol–water partition coefficient (Wildman–Crippen LogP) is 2.99. The van der Waals surface area contributed by atoms with Gasteiger partial charge in [0.25, 0.3) is 10.0 Å². The van der Waals surface area contributed by atoms with E-state index in [-0.39, 0.29) is 4.90 Å². The van der Waals surface area contributed by atoms with Crippen LogP contribution in [0, 0.1) is 0 Å². The van der Waals surface area contributed by atoms with Crippen LogP contribution < -0.4 is 14.2 Å². The number of aryl methyl sites for hydroxylation is 2. The molecule has 6 heteroatoms. The number of hydrogen-bond donors (Lipinski definition) is 1. The van der Waals surface area contributed by atoms with Gasteiger partial charge in [-0.05, 0) is 54.7 Å². The van der Waals surface area contributed by atoms with E-state index in [2.05, 4.69) is 4.72 Å². The summed E-state index contributed by atoms with van der Waals surface area (Å²) in [7, 11) is -0.581. The standard InChI is InChI=1S/C17H19NO4S/c1-21-16-9-7-14(11-17(16)22-2)18-23(19,20)15-8-6-12-4-3-5-13(12)10-15/h6-11,18H,3-5H2,1-2H3. The van der Waals surface area contributed by atoms with Crippen LogP contribution in [-0.4, -0.2) is 22.6 Å². The van der Waals surface area contributed by atoms with Crippen LogP contribution in [0.1, 0.15) is 17.5 Å². The average molecular weight is 333 g/mol. The highest BCUT2D eigenvalue weighted by molar-refractivity contribution is 7.92. The first kappa shape index (κ1) is 15.7. The Bertz CT molecular complexity index is 830. The number of nitrogens with one attached hydrogen (secondary N) is 1. The van der Waals surface area contributed by atoms with Gasteiger partial charge in [0.15, 0.2) is 11.5 Å². The van der Waals surface area contributed by atoms with Crippen LogP contribution in [0.3, 0.4) is 0 Å². The summed E-state index contributed by atoms with van der Waals surface area (Å²) < 4.78 is 38.1. The van der Waals surface area contributed by atoms with Gasteiger partial charge in [-0.25, -0.2) is 8.42 Å². The molecular weight excluding hydrogens is 314 g/mol. The van der Waals surface area contributed by atoms with Crippen molar-refractivity contribution in [3.8, 4) is 11.5 Å². The largest absolute Gasteiger partial charge is 0.493 e. The molecule has 2 aromatic rings. The second-order valence-electron chi connectivity index (χ2n) is 5.46. The number of fused-ring (bicyclic) bond motifs is 1. The molecule has 0 saturated heterocycles. The summed E-state index contributed by atoms with van der Waals surface area (Å²) >= 11 is 0. The second-order valence-corrected chi connectivity index (χ2v) is 7.14. The second kappa shape index (κ2) is 6.12. The smallest absolute Gasteiger partial charge is 0.261 e. The first-order valence-corrected chi connectivity index (χ1v) is 8.88. The molecule has 0 amide bonds. The van der Waals surface area contributed by atoms with Gasteiger partial charge in [-0.1, -0.05) is 6.07 Å². The molecule has 0 atom stereocenters. The monoisotopic (exact) mass is 333 g/mol. The van der Waals surface area contributed by atoms with Gasteiger partial charge in [0.05, 0.1) is 24.8 Å². The highest BCUT2D eigenvalue weighted by atomic mass is 32.2. The quantitative estimate of drug-likeness (QED) is 0.913. The fourth-order valence-electron chi connectivity index (χ4n) is 2.83. The number of methoxy groups -OCH3 is 2. The Morgan fingerprint density at radius 2 is 1.65 bits per heavy atom. The van der Waals surface area contributed by atoms with Gasteiger partial charge in [-0.15, -0.1) is 0 Å². The maximum atomic E-state index is 12.6. The van der Waals surface area contributed by atoms with Gasteiger partial charge >= 0.3 is 0 Å². The summed E-state index contributed by atoms with van der Waals surface area (Å²) in [5.41, 5.74) is 2.80. The molecule has 0 aliphatic heterocycles. The first-order valence-electron chi connectivity index (χ1n) is 7.40. The lowest BCUT2D eigenvalue weighted by Gasteiger charge is -2.12. The minimum absolute atomic E-state index is 0.285. The van der Waals surface area contributed by atoms with E-state index in [1.54, 1.807) is 30.3 Å². The fourth-order valence-corrected chi connectivity index (χ4v) is 3.93. The number of hydrogen-bond acceptors (Lipinski definition) is 4. The SMILES string of the molecule is COc1ccc(NS(=O)(=O)c2ccc3c(c2)CCC3)cc1OC. The molecule has 1 aliphatic carbocycles. The summed E-state index contributed by atoms with van der Waals surface area (Å²) in [6, 6.07) is 10.2. The molecule has 0 spiro atoms. The lowest BCUT2D eigenvalue weighted by molar-refractivity contribution is 0.355. The molecule has 0 aromatic heterocycles. The van der Waals surface area contributed by atoms with Crippen molar-refractivity contribution in [3.63, 3.8) is 0 Å². The maximum Gasteiger partial charge on any atom is 0.261 e. The normalized spacial score (nSPS) is 13.5. The molecule has 0 unspecified atom stereocenters. The van der Waals surface area contributed by atoms with Crippen molar-refractivity contribution in [2.45, 2.75) is 24.2 Å². The van der Waals surface area contributed by atoms with E-state index in [1.165, 1.54) is 19.8 Å². The van der Waals surface area contributed by atoms with Crippen LogP contribution in [0.5, 0.6) is 11.5 Å². The Kier molecular flexibility index (Phi) is 4.17. The third-order valence-corrected chi connectivity index (χ3v) is 5.39. The molecule has 23 heavy (non-hydrogen) atoms. The number of sulfonamides is 1. The van der Waals surface area contributed by atoms with E-state index in [9.17, 15) is 8.42 Å². The molecule has 0 saturated carbocycles. The summed E-state index contributed by atoms with van der Waals surface area (Å²) in [4.78, 5) is 0.285. The molecule has 0 fully saturated rings. The van der Waals surface area contributed by atoms with Crippen LogP contribution >= 0.6 is 0 Å². The van der Waals surface area contributed by atoms with Crippen LogP contribution in [0.15, 0.2) is 41.3 Å². The third kappa shape index (κ3) is 3.12. The van der Waals surface area contributed by atoms with Crippen molar-refractivity contribution in [3.05, 3.63) is 47.5 Å². The van der Waals surface area contributed by atoms with Gasteiger partial charge in [-0.3, -0.25) is 4.72 Å². The Balaban J connectivity index is 1.89. The predicted molar refractivity (Wildman–Crippen MR) is 88.8 cm³/mol. The van der Waals surface area contributed by atoms with Crippen molar-refractivity contribution in [1.29, 1.82) is 0 Å². The van der Waals surface area contributed by atoms with Crippen LogP contribution in [0.4, 0.5) is 5.69 Å². The molecule has 2 aromatic carbocycles. The Labute approximate surface area is 136 Å². The fraction of sp³-hybridized carbons (Fsp3) is 0.294. The maximum absolute atomic E-state index is 12.6. The van der Waals surface area contributed by atoms with Gasteiger partial charge in [0.1, 0.15) is 0 Å². The summed E-state index contributed by atoms with van der Waals surface area (Å²) in [6.45, 7) is 0. The molecule has 0 radical (unpaired) electrons. The van der Waals surface area contributed by atoms with Crippen LogP contribution in [0.25, 0.3) is 0 Å². The zero-order valence-electron chi connectivity index (χ0n) is 13.1. The highest BCUT2D eigenvalue weighted by Crippen LogP contribution is 2.31. The van der Waals surface area contributed by atoms with Crippen molar-refractivity contribution < 1.29 is 17.9 Å². The van der Waals surface area contributed by atoms with Gasteiger partial charge in [0, 0.05) is 6.07 Å². The Morgan fingerprint density at radius 1 is 0.913 bits per heavy atom. The average Bonchev–Trinajstić information content (AvgIpc) is 3.02. The van der Waals surface area contributed by atoms with Gasteiger partial charge in [-0.2, -0.15) is 0 Å². The Morgan fingerprint density at radius 3 is 2.39 bits per heavy atom. The molecule has 0 heterocycles. The highest BCUT2D eigenvalue weighted by Gasteiger charge is 2.19. The van der Waals surface area contributed by atoms with Crippen molar-refractivity contribution >= 4 is 15.7 Å². The van der Waals surface area contributed by atoms with Crippen molar-refractivity contribution in [2.24, 2.45) is 0 Å². The zero-order chi connectivity index (χ0) is 16.4. The number of rotatable bonds is 5. The summed E-state index contributed by atoms with van der Waals surface area (Å²) in [6.07, 6.45) is 3.05. The Hall–Kier alpha value is -2.21. The zero-order valence-corrected chi connectivity index (χ0v) is 13.9. The molecule has 1 N–H and O–H groups in total. The van der Waals surface area contributed by atoms with E-state index in [4.69, 9.17) is 9.47 Å². The molecule has 122 valence electrons. The van der Waals surface area contributed by atoms with Gasteiger partial charge < -0.3 is 9.47 Å². The molecule has 0 bridgehead atoms. The lowest BCUT2D eigenvalue weighted by atomic mass is 10.1. The van der Waals surface area contributed by atoms with E-state index in [0.717, 1.165) is 24.8 Å². The minimum Gasteiger partial charge on any atom is -0.493 e. The van der Waals surface area contributed by atoms with Crippen molar-refractivity contribution in [1.82, 2.24) is 0 Å². The lowest BCUT2D eigenvalue weighted by Crippen LogP contribution is -2.13. The van der Waals surface area contributed by atoms with Crippen molar-refractivity contribution in [2.75, 3.05) is 18.9 Å². The molecule has 5 nitrogen and oxygen atoms in total. The third-order valence-electron chi connectivity index (χ3n) is 4.02. The summed E-state index contributed by atoms with van der Waals surface area (Å²) in [5, 5.41) is 0. The van der Waals surface area contributed by atoms with Crippen LogP contribution in [0.2, 0.25) is 0 Å². The number of anilines is 1. The van der Waals surface area contributed by atoms with Crippen LogP contribution in [-0.2, 0) is 22.9 Å². The number of ether oxygens (including phenoxy) is 2. The molecular formula is C17H19NO4S. The first-order chi connectivity index (χ1) is 11.0. The molecule has 3 rings (SSSR count). The summed E-state index contributed by atoms with van der Waals surface area (Å²) in [5.74, 6) is 1.02. The van der Waals surface area contributed by atoms with Gasteiger partial charge in [0.2, 0.25) is 0 Å². The molecule has 1 aliphatic rings. The van der Waals surface area contributed by atoms with E-state index < -0.39 is 10.0 Å². The topological polar surface area (TPSA) is 64.6 Å². The van der Waals surface area contributed by atoms with E-state index in [1.807, 2.05) is 6.07 Å². The van der Waals surface area contributed by atoms with E-state index >= 15 is 0 Å².